The molecule has 0 saturated carbocycles. The lowest BCUT2D eigenvalue weighted by atomic mass is 10.9. The van der Waals surface area contributed by atoms with E-state index < -0.39 is 0 Å². The van der Waals surface area contributed by atoms with Gasteiger partial charge < -0.3 is 0 Å². The molecule has 1 aromatic rings. The smallest absolute Gasteiger partial charge is 0.205 e. The zero-order valence-electron chi connectivity index (χ0n) is 6.93. The van der Waals surface area contributed by atoms with Gasteiger partial charge in [-0.25, -0.2) is 15.0 Å². The Bertz CT molecular complexity index is 392. The maximum absolute atomic E-state index is 8.15. The molecule has 0 bridgehead atoms. The molecule has 0 spiro atoms. The van der Waals surface area contributed by atoms with Crippen LogP contribution in [0, 0.1) is 0 Å². The summed E-state index contributed by atoms with van der Waals surface area (Å²) in [7, 11) is 0. The molecule has 0 radical (unpaired) electrons. The Hall–Kier alpha value is -2.02. The van der Waals surface area contributed by atoms with Gasteiger partial charge in [0.2, 0.25) is 11.9 Å². The van der Waals surface area contributed by atoms with Crippen LogP contribution < -0.4 is 0 Å². The molecule has 0 saturated heterocycles. The van der Waals surface area contributed by atoms with Gasteiger partial charge in [0.1, 0.15) is 0 Å². The Balaban J connectivity index is 3.25. The Morgan fingerprint density at radius 3 is 1.93 bits per heavy atom. The lowest BCUT2D eigenvalue weighted by Gasteiger charge is -1.96. The molecule has 0 fully saturated rings. The predicted octanol–water partition coefficient (Wildman–Crippen LogP) is 2.48. The Morgan fingerprint density at radius 1 is 1.07 bits per heavy atom. The molecule has 0 aliphatic heterocycles. The maximum Gasteiger partial charge on any atom is 0.220 e. The summed E-state index contributed by atoms with van der Waals surface area (Å²) in [5.74, 6) is -0.233. The van der Waals surface area contributed by atoms with Crippen LogP contribution in [0.15, 0.2) is 15.4 Å². The summed E-state index contributed by atoms with van der Waals surface area (Å²) >= 11 is 1.22. The predicted molar refractivity (Wildman–Crippen MR) is 49.2 cm³/mol. The molecule has 0 aliphatic rings. The second-order valence-corrected chi connectivity index (χ2v) is 2.57. The highest BCUT2D eigenvalue weighted by atomic mass is 32.2. The van der Waals surface area contributed by atoms with E-state index in [9.17, 15) is 0 Å². The number of hydrogen-bond acceptors (Lipinski definition) is 6. The van der Waals surface area contributed by atoms with Crippen molar-refractivity contribution in [2.24, 2.45) is 10.2 Å². The summed E-state index contributed by atoms with van der Waals surface area (Å²) in [4.78, 5) is 16.1. The third-order valence-corrected chi connectivity index (χ3v) is 1.59. The van der Waals surface area contributed by atoms with E-state index in [1.807, 2.05) is 0 Å². The van der Waals surface area contributed by atoms with E-state index in [-0.39, 0.29) is 11.9 Å². The lowest BCUT2D eigenvalue weighted by molar-refractivity contribution is 0.897. The number of rotatable bonds is 3. The zero-order chi connectivity index (χ0) is 10.4. The van der Waals surface area contributed by atoms with Crippen LogP contribution in [-0.4, -0.2) is 21.2 Å². The van der Waals surface area contributed by atoms with Gasteiger partial charge in [0.15, 0.2) is 5.16 Å². The van der Waals surface area contributed by atoms with Gasteiger partial charge in [-0.05, 0) is 27.5 Å². The van der Waals surface area contributed by atoms with Crippen molar-refractivity contribution >= 4 is 23.7 Å². The van der Waals surface area contributed by atoms with Gasteiger partial charge in [-0.15, -0.1) is 0 Å². The molecule has 0 aromatic carbocycles. The lowest BCUT2D eigenvalue weighted by Crippen LogP contribution is -1.88. The third-order valence-electron chi connectivity index (χ3n) is 1.04. The van der Waals surface area contributed by atoms with Gasteiger partial charge in [0.05, 0.1) is 0 Å². The van der Waals surface area contributed by atoms with Gasteiger partial charge in [-0.2, -0.15) is 0 Å². The number of aromatic nitrogens is 3. The Morgan fingerprint density at radius 2 is 1.57 bits per heavy atom. The summed E-state index contributed by atoms with van der Waals surface area (Å²) in [6.45, 7) is 0. The second-order valence-electron chi connectivity index (χ2n) is 1.80. The van der Waals surface area contributed by atoms with Crippen molar-refractivity contribution in [3.63, 3.8) is 0 Å². The minimum atomic E-state index is -0.116. The Kier molecular flexibility index (Phi) is 3.50. The van der Waals surface area contributed by atoms with Crippen LogP contribution in [0.25, 0.3) is 20.9 Å². The third kappa shape index (κ3) is 2.49. The van der Waals surface area contributed by atoms with Gasteiger partial charge in [-0.3, -0.25) is 0 Å². The van der Waals surface area contributed by atoms with Crippen molar-refractivity contribution in [2.45, 2.75) is 5.16 Å². The standard InChI is InChI=1S/C4H3N9S/c1-14-4-8-2(10-12-5)7-3(9-4)11-13-6/h1H3. The second kappa shape index (κ2) is 4.87. The van der Waals surface area contributed by atoms with Crippen LogP contribution in [0.5, 0.6) is 0 Å². The highest BCUT2D eigenvalue weighted by Gasteiger charge is 2.02. The zero-order valence-corrected chi connectivity index (χ0v) is 7.75. The number of hydrogen-bond donors (Lipinski definition) is 0. The first-order valence-electron chi connectivity index (χ1n) is 3.20. The molecular formula is C4H3N9S. The van der Waals surface area contributed by atoms with E-state index in [1.54, 1.807) is 6.26 Å². The van der Waals surface area contributed by atoms with E-state index >= 15 is 0 Å². The first-order chi connectivity index (χ1) is 6.80. The van der Waals surface area contributed by atoms with Crippen LogP contribution >= 0.6 is 11.8 Å². The van der Waals surface area contributed by atoms with Crippen molar-refractivity contribution in [3.8, 4) is 0 Å². The quantitative estimate of drug-likeness (QED) is 0.326. The minimum absolute atomic E-state index is 0.116. The molecule has 1 aromatic heterocycles. The normalized spacial score (nSPS) is 8.64. The van der Waals surface area contributed by atoms with Crippen molar-refractivity contribution < 1.29 is 0 Å². The fraction of sp³-hybridized carbons (Fsp3) is 0.250. The summed E-state index contributed by atoms with van der Waals surface area (Å²) < 4.78 is 0. The van der Waals surface area contributed by atoms with Gasteiger partial charge in [0, 0.05) is 9.82 Å². The van der Waals surface area contributed by atoms with E-state index in [4.69, 9.17) is 11.1 Å². The molecule has 1 heterocycles. The fourth-order valence-corrected chi connectivity index (χ4v) is 0.942. The van der Waals surface area contributed by atoms with Crippen LogP contribution in [0.2, 0.25) is 0 Å². The molecule has 10 heteroatoms. The average Bonchev–Trinajstić information content (AvgIpc) is 2.18. The molecule has 9 nitrogen and oxygen atoms in total. The van der Waals surface area contributed by atoms with Crippen molar-refractivity contribution in [3.05, 3.63) is 20.9 Å². The topological polar surface area (TPSA) is 136 Å². The summed E-state index contributed by atoms with van der Waals surface area (Å²) in [6, 6.07) is 0. The Labute approximate surface area is 81.8 Å². The highest BCUT2D eigenvalue weighted by molar-refractivity contribution is 7.98. The fourth-order valence-electron chi connectivity index (χ4n) is 0.596. The van der Waals surface area contributed by atoms with Gasteiger partial charge in [0.25, 0.3) is 0 Å². The van der Waals surface area contributed by atoms with E-state index in [2.05, 4.69) is 35.0 Å². The van der Waals surface area contributed by atoms with Gasteiger partial charge >= 0.3 is 0 Å². The average molecular weight is 209 g/mol. The first-order valence-corrected chi connectivity index (χ1v) is 4.43. The molecule has 0 atom stereocenters. The number of azide groups is 2. The van der Waals surface area contributed by atoms with E-state index in [0.29, 0.717) is 5.16 Å². The maximum atomic E-state index is 8.15. The van der Waals surface area contributed by atoms with Crippen molar-refractivity contribution in [1.29, 1.82) is 0 Å². The van der Waals surface area contributed by atoms with Gasteiger partial charge in [-0.1, -0.05) is 11.8 Å². The summed E-state index contributed by atoms with van der Waals surface area (Å²) in [5, 5.41) is 6.68. The molecule has 0 N–H and O–H groups in total. The van der Waals surface area contributed by atoms with Crippen molar-refractivity contribution in [2.75, 3.05) is 6.26 Å². The minimum Gasteiger partial charge on any atom is -0.205 e. The molecule has 1 rings (SSSR count). The van der Waals surface area contributed by atoms with E-state index in [0.717, 1.165) is 0 Å². The summed E-state index contributed by atoms with van der Waals surface area (Å²) in [6.07, 6.45) is 1.73. The van der Waals surface area contributed by atoms with Crippen LogP contribution in [0.3, 0.4) is 0 Å². The molecule has 0 amide bonds. The number of nitrogens with zero attached hydrogens (tertiary/aromatic N) is 9. The molecular weight excluding hydrogens is 206 g/mol. The monoisotopic (exact) mass is 209 g/mol. The molecule has 14 heavy (non-hydrogen) atoms. The van der Waals surface area contributed by atoms with Crippen LogP contribution in [0.1, 0.15) is 0 Å². The molecule has 0 unspecified atom stereocenters. The molecule has 70 valence electrons. The molecule has 0 aliphatic carbocycles. The highest BCUT2D eigenvalue weighted by Crippen LogP contribution is 2.16. The van der Waals surface area contributed by atoms with Crippen LogP contribution in [-0.2, 0) is 0 Å². The van der Waals surface area contributed by atoms with Crippen LogP contribution in [0.4, 0.5) is 11.9 Å². The SMILES string of the molecule is CSc1nc(N=[N+]=[N-])nc(N=[N+]=[N-])n1. The first kappa shape index (κ1) is 10.1. The van der Waals surface area contributed by atoms with E-state index in [1.165, 1.54) is 11.8 Å². The summed E-state index contributed by atoms with van der Waals surface area (Å²) in [5.41, 5.74) is 16.3. The largest absolute Gasteiger partial charge is 0.220 e. The van der Waals surface area contributed by atoms with Crippen molar-refractivity contribution in [1.82, 2.24) is 15.0 Å². The number of thioether (sulfide) groups is 1.